The highest BCUT2D eigenvalue weighted by molar-refractivity contribution is 6.23. The number of hydrogen-bond donors (Lipinski definition) is 1. The van der Waals surface area contributed by atoms with Gasteiger partial charge < -0.3 is 19.4 Å². The summed E-state index contributed by atoms with van der Waals surface area (Å²) < 4.78 is 10.7. The molecule has 8 nitrogen and oxygen atoms in total. The number of imidazole rings is 1. The van der Waals surface area contributed by atoms with Crippen LogP contribution in [0.5, 0.6) is 11.5 Å². The number of amidine groups is 1. The van der Waals surface area contributed by atoms with E-state index in [1.165, 1.54) is 0 Å². The van der Waals surface area contributed by atoms with E-state index in [1.807, 2.05) is 24.3 Å². The molecule has 1 saturated heterocycles. The number of fused-ring (bicyclic) bond motifs is 1. The number of aromatic nitrogens is 2. The molecule has 8 heteroatoms. The minimum atomic E-state index is -0.786. The van der Waals surface area contributed by atoms with Crippen LogP contribution in [0.25, 0.3) is 11.0 Å². The highest BCUT2D eigenvalue weighted by Gasteiger charge is 2.38. The number of H-pyrrole nitrogens is 1. The number of ketones is 2. The third-order valence-corrected chi connectivity index (χ3v) is 5.12. The summed E-state index contributed by atoms with van der Waals surface area (Å²) in [6.07, 6.45) is -0.182. The van der Waals surface area contributed by atoms with Crippen LogP contribution in [0.4, 0.5) is 5.69 Å². The van der Waals surface area contributed by atoms with E-state index in [9.17, 15) is 9.59 Å². The van der Waals surface area contributed by atoms with Gasteiger partial charge in [-0.05, 0) is 12.1 Å². The molecule has 0 aliphatic carbocycles. The third-order valence-electron chi connectivity index (χ3n) is 5.12. The maximum Gasteiger partial charge on any atom is 0.159 e. The Morgan fingerprint density at radius 2 is 1.80 bits per heavy atom. The molecule has 1 aromatic heterocycles. The van der Waals surface area contributed by atoms with E-state index < -0.39 is 5.92 Å². The highest BCUT2D eigenvalue weighted by atomic mass is 16.5. The van der Waals surface area contributed by atoms with E-state index in [0.29, 0.717) is 28.8 Å². The SMILES string of the molecule is CN=C1C(c2nc3ccccc3[nH]2)C(=O)CC(=O)CN1c1cc(OC)cc(OC)c1. The molecule has 154 valence electrons. The van der Waals surface area contributed by atoms with Crippen LogP contribution >= 0.6 is 0 Å². The molecule has 1 atom stereocenters. The first-order valence-corrected chi connectivity index (χ1v) is 9.50. The number of nitrogens with zero attached hydrogens (tertiary/aromatic N) is 3. The molecule has 2 heterocycles. The topological polar surface area (TPSA) is 96.9 Å². The molecule has 0 saturated carbocycles. The normalized spacial score (nSPS) is 18.7. The Balaban J connectivity index is 1.85. The maximum absolute atomic E-state index is 13.1. The van der Waals surface area contributed by atoms with Crippen molar-refractivity contribution in [2.24, 2.45) is 4.99 Å². The average molecular weight is 406 g/mol. The van der Waals surface area contributed by atoms with Crippen molar-refractivity contribution >= 4 is 34.1 Å². The number of nitrogens with one attached hydrogen (secondary N) is 1. The van der Waals surface area contributed by atoms with Crippen LogP contribution in [0.2, 0.25) is 0 Å². The lowest BCUT2D eigenvalue weighted by Crippen LogP contribution is -2.38. The number of aliphatic imine (C=N–C) groups is 1. The number of hydrogen-bond acceptors (Lipinski definition) is 6. The standard InChI is InChI=1S/C22H22N4O4/c1-23-22-20(21-24-17-6-4-5-7-18(17)25-21)19(28)10-14(27)12-26(22)13-8-15(29-2)11-16(9-13)30-3/h4-9,11,20H,10,12H2,1-3H3,(H,24,25). The van der Waals surface area contributed by atoms with E-state index in [2.05, 4.69) is 15.0 Å². The van der Waals surface area contributed by atoms with Crippen LogP contribution in [-0.4, -0.2) is 55.2 Å². The number of anilines is 1. The van der Waals surface area contributed by atoms with Gasteiger partial charge in [-0.2, -0.15) is 0 Å². The van der Waals surface area contributed by atoms with E-state index in [4.69, 9.17) is 9.47 Å². The number of methoxy groups -OCH3 is 2. The lowest BCUT2D eigenvalue weighted by atomic mass is 9.99. The zero-order valence-corrected chi connectivity index (χ0v) is 17.0. The molecule has 0 spiro atoms. The second kappa shape index (κ2) is 7.98. The predicted octanol–water partition coefficient (Wildman–Crippen LogP) is 2.74. The molecule has 4 rings (SSSR count). The van der Waals surface area contributed by atoms with Crippen molar-refractivity contribution < 1.29 is 19.1 Å². The zero-order chi connectivity index (χ0) is 21.3. The summed E-state index contributed by atoms with van der Waals surface area (Å²) in [6.45, 7) is 0.0193. The lowest BCUT2D eigenvalue weighted by molar-refractivity contribution is -0.125. The molecule has 2 aromatic carbocycles. The minimum Gasteiger partial charge on any atom is -0.497 e. The van der Waals surface area contributed by atoms with Crippen LogP contribution in [0, 0.1) is 0 Å². The average Bonchev–Trinajstić information content (AvgIpc) is 3.13. The van der Waals surface area contributed by atoms with Gasteiger partial charge in [-0.25, -0.2) is 4.98 Å². The third kappa shape index (κ3) is 3.52. The van der Waals surface area contributed by atoms with Gasteiger partial charge >= 0.3 is 0 Å². The van der Waals surface area contributed by atoms with E-state index in [1.54, 1.807) is 44.4 Å². The van der Waals surface area contributed by atoms with Crippen LogP contribution in [0.1, 0.15) is 18.2 Å². The fourth-order valence-corrected chi connectivity index (χ4v) is 3.72. The molecule has 1 unspecified atom stereocenters. The van der Waals surface area contributed by atoms with Gasteiger partial charge in [0.1, 0.15) is 29.1 Å². The van der Waals surface area contributed by atoms with Gasteiger partial charge in [-0.15, -0.1) is 0 Å². The molecule has 30 heavy (non-hydrogen) atoms. The summed E-state index contributed by atoms with van der Waals surface area (Å²) in [5.74, 6) is 0.840. The first kappa shape index (κ1) is 19.6. The second-order valence-electron chi connectivity index (χ2n) is 6.99. The van der Waals surface area contributed by atoms with Crippen molar-refractivity contribution in [1.29, 1.82) is 0 Å². The van der Waals surface area contributed by atoms with Crippen LogP contribution in [0.15, 0.2) is 47.5 Å². The fraction of sp³-hybridized carbons (Fsp3) is 0.273. The van der Waals surface area contributed by atoms with Crippen molar-refractivity contribution in [2.45, 2.75) is 12.3 Å². The molecule has 0 amide bonds. The molecule has 1 N–H and O–H groups in total. The molecular formula is C22H22N4O4. The van der Waals surface area contributed by atoms with Gasteiger partial charge in [0, 0.05) is 30.9 Å². The van der Waals surface area contributed by atoms with Crippen LogP contribution < -0.4 is 14.4 Å². The van der Waals surface area contributed by atoms with Crippen LogP contribution in [0.3, 0.4) is 0 Å². The summed E-state index contributed by atoms with van der Waals surface area (Å²) in [6, 6.07) is 12.9. The molecule has 1 aliphatic heterocycles. The van der Waals surface area contributed by atoms with Crippen molar-refractivity contribution in [1.82, 2.24) is 9.97 Å². The molecule has 0 radical (unpaired) electrons. The Kier molecular flexibility index (Phi) is 5.22. The van der Waals surface area contributed by atoms with Crippen molar-refractivity contribution in [3.8, 4) is 11.5 Å². The Morgan fingerprint density at radius 1 is 1.10 bits per heavy atom. The van der Waals surface area contributed by atoms with E-state index in [-0.39, 0.29) is 24.5 Å². The number of Topliss-reactive ketones (excluding diaryl/α,β-unsaturated/α-hetero) is 2. The van der Waals surface area contributed by atoms with Gasteiger partial charge in [0.05, 0.1) is 38.2 Å². The Morgan fingerprint density at radius 3 is 2.43 bits per heavy atom. The summed E-state index contributed by atoms with van der Waals surface area (Å²) in [7, 11) is 4.72. The lowest BCUT2D eigenvalue weighted by Gasteiger charge is -2.27. The molecule has 0 bridgehead atoms. The number of aromatic amines is 1. The molecule has 1 fully saturated rings. The Labute approximate surface area is 173 Å². The Hall–Kier alpha value is -3.68. The molecular weight excluding hydrogens is 384 g/mol. The first-order valence-electron chi connectivity index (χ1n) is 9.50. The summed E-state index contributed by atoms with van der Waals surface area (Å²) >= 11 is 0. The quantitative estimate of drug-likeness (QED) is 0.669. The number of rotatable bonds is 4. The summed E-state index contributed by atoms with van der Waals surface area (Å²) in [4.78, 5) is 39.6. The number of ether oxygens (including phenoxy) is 2. The number of benzene rings is 2. The van der Waals surface area contributed by atoms with Crippen molar-refractivity contribution in [3.63, 3.8) is 0 Å². The zero-order valence-electron chi connectivity index (χ0n) is 17.0. The maximum atomic E-state index is 13.1. The van der Waals surface area contributed by atoms with Crippen molar-refractivity contribution in [2.75, 3.05) is 32.7 Å². The second-order valence-corrected chi connectivity index (χ2v) is 6.99. The number of carbonyl (C=O) groups excluding carboxylic acids is 2. The number of carbonyl (C=O) groups is 2. The molecule has 1 aliphatic rings. The highest BCUT2D eigenvalue weighted by Crippen LogP contribution is 2.33. The Bertz CT molecular complexity index is 1100. The number of para-hydroxylation sites is 2. The van der Waals surface area contributed by atoms with E-state index >= 15 is 0 Å². The first-order chi connectivity index (χ1) is 14.5. The van der Waals surface area contributed by atoms with Gasteiger partial charge in [-0.1, -0.05) is 12.1 Å². The molecule has 3 aromatic rings. The van der Waals surface area contributed by atoms with Crippen LogP contribution in [-0.2, 0) is 9.59 Å². The van der Waals surface area contributed by atoms with Gasteiger partial charge in [0.2, 0.25) is 0 Å². The predicted molar refractivity (Wildman–Crippen MR) is 114 cm³/mol. The minimum absolute atomic E-state index is 0.0193. The van der Waals surface area contributed by atoms with Crippen molar-refractivity contribution in [3.05, 3.63) is 48.3 Å². The summed E-state index contributed by atoms with van der Waals surface area (Å²) in [5, 5.41) is 0. The fourth-order valence-electron chi connectivity index (χ4n) is 3.72. The largest absolute Gasteiger partial charge is 0.497 e. The van der Waals surface area contributed by atoms with Gasteiger partial charge in [-0.3, -0.25) is 14.6 Å². The summed E-state index contributed by atoms with van der Waals surface area (Å²) in [5.41, 5.74) is 2.22. The van der Waals surface area contributed by atoms with Gasteiger partial charge in [0.25, 0.3) is 0 Å². The monoisotopic (exact) mass is 406 g/mol. The van der Waals surface area contributed by atoms with Gasteiger partial charge in [0.15, 0.2) is 11.6 Å². The smallest absolute Gasteiger partial charge is 0.159 e. The van der Waals surface area contributed by atoms with E-state index in [0.717, 1.165) is 11.0 Å².